The topological polar surface area (TPSA) is 58.4 Å². The van der Waals surface area contributed by atoms with Gasteiger partial charge in [0, 0.05) is 37.5 Å². The van der Waals surface area contributed by atoms with E-state index in [-0.39, 0.29) is 36.4 Å². The van der Waals surface area contributed by atoms with Crippen molar-refractivity contribution >= 4 is 22.8 Å². The number of hydrogen-bond acceptors (Lipinski definition) is 3. The van der Waals surface area contributed by atoms with Crippen LogP contribution in [-0.4, -0.2) is 49.8 Å². The normalized spacial score (nSPS) is 17.8. The molecule has 34 heavy (non-hydrogen) atoms. The summed E-state index contributed by atoms with van der Waals surface area (Å²) in [5.41, 5.74) is 2.95. The van der Waals surface area contributed by atoms with Gasteiger partial charge in [-0.25, -0.2) is 4.98 Å². The van der Waals surface area contributed by atoms with Gasteiger partial charge >= 0.3 is 0 Å². The lowest BCUT2D eigenvalue weighted by Gasteiger charge is -2.34. The average Bonchev–Trinajstić information content (AvgIpc) is 3.39. The van der Waals surface area contributed by atoms with Gasteiger partial charge in [-0.2, -0.15) is 0 Å². The summed E-state index contributed by atoms with van der Waals surface area (Å²) in [6, 6.07) is 18.4. The van der Waals surface area contributed by atoms with Gasteiger partial charge in [-0.05, 0) is 44.4 Å². The molecule has 3 aromatic rings. The maximum absolute atomic E-state index is 13.6. The number of carbonyl (C=O) groups excluding carboxylic acids is 2. The number of rotatable bonds is 9. The maximum atomic E-state index is 13.6. The van der Waals surface area contributed by atoms with Crippen LogP contribution in [0, 0.1) is 0 Å². The first-order chi connectivity index (χ1) is 16.4. The minimum atomic E-state index is -0.0305. The molecule has 4 rings (SSSR count). The van der Waals surface area contributed by atoms with E-state index in [1.165, 1.54) is 0 Å². The number of imidazole rings is 1. The van der Waals surface area contributed by atoms with Crippen molar-refractivity contribution < 1.29 is 9.59 Å². The Bertz CT molecular complexity index is 1130. The van der Waals surface area contributed by atoms with Crippen molar-refractivity contribution in [2.75, 3.05) is 6.54 Å². The molecular weight excluding hydrogens is 424 g/mol. The number of para-hydroxylation sites is 2. The van der Waals surface area contributed by atoms with Crippen LogP contribution in [-0.2, 0) is 22.7 Å². The lowest BCUT2D eigenvalue weighted by atomic mass is 10.1. The van der Waals surface area contributed by atoms with E-state index in [4.69, 9.17) is 4.98 Å². The van der Waals surface area contributed by atoms with Crippen molar-refractivity contribution in [2.24, 2.45) is 0 Å². The van der Waals surface area contributed by atoms with Gasteiger partial charge in [0.1, 0.15) is 12.4 Å². The highest BCUT2D eigenvalue weighted by molar-refractivity contribution is 5.83. The molecule has 0 spiro atoms. The molecule has 1 aliphatic rings. The van der Waals surface area contributed by atoms with Crippen molar-refractivity contribution in [3.8, 4) is 0 Å². The number of fused-ring (bicyclic) bond motifs is 1. The van der Waals surface area contributed by atoms with Gasteiger partial charge < -0.3 is 14.4 Å². The molecular formula is C28H36N4O2. The summed E-state index contributed by atoms with van der Waals surface area (Å²) in [5.74, 6) is 1.06. The molecule has 6 nitrogen and oxygen atoms in total. The first-order valence-corrected chi connectivity index (χ1v) is 12.5. The van der Waals surface area contributed by atoms with Gasteiger partial charge in [-0.15, -0.1) is 0 Å². The Morgan fingerprint density at radius 1 is 1.03 bits per heavy atom. The van der Waals surface area contributed by atoms with Crippen LogP contribution in [0.25, 0.3) is 11.0 Å². The van der Waals surface area contributed by atoms with Gasteiger partial charge in [-0.1, -0.05) is 56.3 Å². The van der Waals surface area contributed by atoms with Gasteiger partial charge in [-0.3, -0.25) is 9.59 Å². The molecule has 2 heterocycles. The van der Waals surface area contributed by atoms with Gasteiger partial charge in [0.15, 0.2) is 0 Å². The molecule has 180 valence electrons. The van der Waals surface area contributed by atoms with E-state index in [0.717, 1.165) is 35.3 Å². The smallest absolute Gasteiger partial charge is 0.243 e. The maximum Gasteiger partial charge on any atom is 0.243 e. The van der Waals surface area contributed by atoms with Crippen LogP contribution in [0.2, 0.25) is 0 Å². The number of likely N-dealkylation sites (tertiary alicyclic amines) is 1. The molecule has 1 saturated heterocycles. The Kier molecular flexibility index (Phi) is 7.35. The number of benzene rings is 2. The number of hydrogen-bond donors (Lipinski definition) is 0. The van der Waals surface area contributed by atoms with E-state index in [1.54, 1.807) is 0 Å². The lowest BCUT2D eigenvalue weighted by Crippen LogP contribution is -2.46. The Morgan fingerprint density at radius 3 is 2.35 bits per heavy atom. The van der Waals surface area contributed by atoms with E-state index in [2.05, 4.69) is 32.3 Å². The molecule has 0 aliphatic carbocycles. The van der Waals surface area contributed by atoms with Crippen molar-refractivity contribution in [2.45, 2.75) is 78.0 Å². The highest BCUT2D eigenvalue weighted by Gasteiger charge is 2.35. The van der Waals surface area contributed by atoms with E-state index in [0.29, 0.717) is 19.5 Å². The van der Waals surface area contributed by atoms with Crippen molar-refractivity contribution in [1.82, 2.24) is 19.4 Å². The molecule has 2 aromatic carbocycles. The number of carbonyl (C=O) groups is 2. The Labute approximate surface area is 202 Å². The van der Waals surface area contributed by atoms with Crippen LogP contribution in [0.5, 0.6) is 0 Å². The number of nitrogens with zero attached hydrogens (tertiary/aromatic N) is 4. The van der Waals surface area contributed by atoms with E-state index >= 15 is 0 Å². The first-order valence-electron chi connectivity index (χ1n) is 12.5. The van der Waals surface area contributed by atoms with Crippen LogP contribution in [0.4, 0.5) is 0 Å². The van der Waals surface area contributed by atoms with Crippen molar-refractivity contribution in [3.63, 3.8) is 0 Å². The Balaban J connectivity index is 1.63. The molecule has 2 amide bonds. The van der Waals surface area contributed by atoms with E-state index in [1.807, 2.05) is 64.4 Å². The summed E-state index contributed by atoms with van der Waals surface area (Å²) < 4.78 is 2.05. The summed E-state index contributed by atoms with van der Waals surface area (Å²) >= 11 is 0. The zero-order chi connectivity index (χ0) is 24.2. The minimum absolute atomic E-state index is 0.0305. The van der Waals surface area contributed by atoms with E-state index < -0.39 is 0 Å². The van der Waals surface area contributed by atoms with Gasteiger partial charge in [0.05, 0.1) is 11.0 Å². The second-order valence-corrected chi connectivity index (χ2v) is 9.52. The van der Waals surface area contributed by atoms with Crippen LogP contribution in [0.3, 0.4) is 0 Å². The Morgan fingerprint density at radius 2 is 1.68 bits per heavy atom. The molecule has 3 atom stereocenters. The Hall–Kier alpha value is -3.15. The summed E-state index contributed by atoms with van der Waals surface area (Å²) in [4.78, 5) is 35.3. The molecule has 1 aliphatic heterocycles. The third kappa shape index (κ3) is 4.86. The number of amides is 2. The SMILES string of the molecule is CCC(C)N(C(=O)Cn1c(C2CC(=O)N(Cc3ccccc3)C2)nc2ccccc21)C(C)CC. The van der Waals surface area contributed by atoms with E-state index in [9.17, 15) is 9.59 Å². The first kappa shape index (κ1) is 24.0. The third-order valence-corrected chi connectivity index (χ3v) is 7.19. The molecule has 0 bridgehead atoms. The van der Waals surface area contributed by atoms with Crippen LogP contribution in [0.1, 0.15) is 64.3 Å². The summed E-state index contributed by atoms with van der Waals surface area (Å²) in [6.45, 7) is 9.94. The highest BCUT2D eigenvalue weighted by atomic mass is 16.2. The fraction of sp³-hybridized carbons (Fsp3) is 0.464. The van der Waals surface area contributed by atoms with Crippen LogP contribution >= 0.6 is 0 Å². The van der Waals surface area contributed by atoms with Gasteiger partial charge in [0.25, 0.3) is 0 Å². The third-order valence-electron chi connectivity index (χ3n) is 7.19. The summed E-state index contributed by atoms with van der Waals surface area (Å²) in [6.07, 6.45) is 2.25. The predicted octanol–water partition coefficient (Wildman–Crippen LogP) is 4.98. The summed E-state index contributed by atoms with van der Waals surface area (Å²) in [5, 5.41) is 0. The largest absolute Gasteiger partial charge is 0.338 e. The zero-order valence-electron chi connectivity index (χ0n) is 20.8. The van der Waals surface area contributed by atoms with Crippen LogP contribution < -0.4 is 0 Å². The van der Waals surface area contributed by atoms with Crippen molar-refractivity contribution in [3.05, 3.63) is 66.0 Å². The molecule has 1 aromatic heterocycles. The standard InChI is InChI=1S/C28H36N4O2/c1-5-20(3)32(21(4)6-2)27(34)19-31-25-15-11-10-14-24(25)29-28(31)23-16-26(33)30(18-23)17-22-12-8-7-9-13-22/h7-15,20-21,23H,5-6,16-19H2,1-4H3. The fourth-order valence-corrected chi connectivity index (χ4v) is 5.01. The lowest BCUT2D eigenvalue weighted by molar-refractivity contribution is -0.136. The zero-order valence-corrected chi connectivity index (χ0v) is 20.8. The monoisotopic (exact) mass is 460 g/mol. The van der Waals surface area contributed by atoms with Gasteiger partial charge in [0.2, 0.25) is 11.8 Å². The second-order valence-electron chi connectivity index (χ2n) is 9.52. The molecule has 0 saturated carbocycles. The quantitative estimate of drug-likeness (QED) is 0.453. The summed E-state index contributed by atoms with van der Waals surface area (Å²) in [7, 11) is 0. The minimum Gasteiger partial charge on any atom is -0.338 e. The molecule has 0 N–H and O–H groups in total. The molecule has 0 radical (unpaired) electrons. The molecule has 6 heteroatoms. The molecule has 3 unspecified atom stereocenters. The predicted molar refractivity (Wildman–Crippen MR) is 135 cm³/mol. The fourth-order valence-electron chi connectivity index (χ4n) is 5.01. The average molecular weight is 461 g/mol. The highest BCUT2D eigenvalue weighted by Crippen LogP contribution is 2.31. The van der Waals surface area contributed by atoms with Crippen molar-refractivity contribution in [1.29, 1.82) is 0 Å². The number of aromatic nitrogens is 2. The molecule has 1 fully saturated rings. The van der Waals surface area contributed by atoms with Crippen LogP contribution in [0.15, 0.2) is 54.6 Å². The second kappa shape index (κ2) is 10.4.